The van der Waals surface area contributed by atoms with E-state index in [1.54, 1.807) is 21.0 Å². The van der Waals surface area contributed by atoms with Gasteiger partial charge in [0.05, 0.1) is 25.0 Å². The average Bonchev–Trinajstić information content (AvgIpc) is 3.06. The predicted molar refractivity (Wildman–Crippen MR) is 92.2 cm³/mol. The van der Waals surface area contributed by atoms with Crippen molar-refractivity contribution < 1.29 is 9.53 Å². The Morgan fingerprint density at radius 1 is 1.28 bits per heavy atom. The number of nitrogens with zero attached hydrogens (tertiary/aromatic N) is 1. The summed E-state index contributed by atoms with van der Waals surface area (Å²) in [5.74, 6) is 0.357. The van der Waals surface area contributed by atoms with E-state index in [-0.39, 0.29) is 17.8 Å². The Morgan fingerprint density at radius 3 is 2.80 bits per heavy atom. The van der Waals surface area contributed by atoms with Gasteiger partial charge in [0.25, 0.3) is 11.5 Å². The Morgan fingerprint density at radius 2 is 2.04 bits per heavy atom. The molecule has 2 aromatic rings. The van der Waals surface area contributed by atoms with Gasteiger partial charge in [-0.1, -0.05) is 18.2 Å². The van der Waals surface area contributed by atoms with Crippen LogP contribution in [0.2, 0.25) is 0 Å². The summed E-state index contributed by atoms with van der Waals surface area (Å²) in [4.78, 5) is 24.5. The molecule has 1 aliphatic rings. The number of hydrogen-bond donors (Lipinski definition) is 4. The molecule has 0 saturated carbocycles. The standard InChI is InChI=1S/C17H21N5O3/c1-9-10(2)19-22-17(24)15(9)16(23)18-14-8-12(20-21-14)11-6-4-5-7-13(11)25-3/h4-7,12,14,20-21H,8H2,1-3H3,(H,18,23)(H,22,24). The number of para-hydroxylation sites is 1. The fraction of sp³-hybridized carbons (Fsp3) is 0.353. The third-order valence-electron chi connectivity index (χ3n) is 4.42. The van der Waals surface area contributed by atoms with Crippen LogP contribution in [0.3, 0.4) is 0 Å². The molecule has 0 bridgehead atoms. The molecule has 1 amide bonds. The minimum atomic E-state index is -0.493. The van der Waals surface area contributed by atoms with E-state index in [0.717, 1.165) is 11.3 Å². The van der Waals surface area contributed by atoms with Crippen molar-refractivity contribution in [2.24, 2.45) is 0 Å². The average molecular weight is 343 g/mol. The normalized spacial score (nSPS) is 19.6. The Kier molecular flexibility index (Phi) is 4.82. The Hall–Kier alpha value is -2.71. The van der Waals surface area contributed by atoms with Crippen molar-refractivity contribution in [2.45, 2.75) is 32.5 Å². The molecular weight excluding hydrogens is 322 g/mol. The second-order valence-corrected chi connectivity index (χ2v) is 5.98. The first-order valence-corrected chi connectivity index (χ1v) is 8.02. The zero-order valence-electron chi connectivity index (χ0n) is 14.3. The monoisotopic (exact) mass is 343 g/mol. The zero-order valence-corrected chi connectivity index (χ0v) is 14.3. The summed E-state index contributed by atoms with van der Waals surface area (Å²) >= 11 is 0. The van der Waals surface area contributed by atoms with Crippen molar-refractivity contribution in [3.63, 3.8) is 0 Å². The number of amides is 1. The second-order valence-electron chi connectivity index (χ2n) is 5.98. The third-order valence-corrected chi connectivity index (χ3v) is 4.42. The van der Waals surface area contributed by atoms with Crippen molar-refractivity contribution in [1.29, 1.82) is 0 Å². The number of benzene rings is 1. The number of aryl methyl sites for hydroxylation is 1. The predicted octanol–water partition coefficient (Wildman–Crippen LogP) is 0.690. The van der Waals surface area contributed by atoms with E-state index in [1.165, 1.54) is 0 Å². The lowest BCUT2D eigenvalue weighted by molar-refractivity contribution is 0.0929. The van der Waals surface area contributed by atoms with E-state index in [1.807, 2.05) is 24.3 Å². The molecule has 1 aromatic heterocycles. The number of nitrogens with one attached hydrogen (secondary N) is 4. The van der Waals surface area contributed by atoms with Crippen molar-refractivity contribution in [2.75, 3.05) is 7.11 Å². The van der Waals surface area contributed by atoms with Crippen LogP contribution in [0.4, 0.5) is 0 Å². The van der Waals surface area contributed by atoms with Gasteiger partial charge in [0, 0.05) is 12.0 Å². The van der Waals surface area contributed by atoms with E-state index in [9.17, 15) is 9.59 Å². The van der Waals surface area contributed by atoms with Crippen LogP contribution < -0.4 is 26.5 Å². The fourth-order valence-electron chi connectivity index (χ4n) is 2.94. The molecule has 2 heterocycles. The molecule has 3 rings (SSSR count). The summed E-state index contributed by atoms with van der Waals surface area (Å²) < 4.78 is 5.38. The molecule has 4 N–H and O–H groups in total. The minimum absolute atomic E-state index is 0.0139. The number of carbonyl (C=O) groups excluding carboxylic acids is 1. The van der Waals surface area contributed by atoms with E-state index in [0.29, 0.717) is 17.7 Å². The van der Waals surface area contributed by atoms with E-state index in [2.05, 4.69) is 26.4 Å². The summed E-state index contributed by atoms with van der Waals surface area (Å²) in [6, 6.07) is 7.70. The third kappa shape index (κ3) is 3.40. The molecule has 0 spiro atoms. The maximum absolute atomic E-state index is 12.5. The lowest BCUT2D eigenvalue weighted by atomic mass is 10.0. The molecule has 2 atom stereocenters. The van der Waals surface area contributed by atoms with Crippen LogP contribution in [-0.2, 0) is 0 Å². The summed E-state index contributed by atoms with van der Waals surface area (Å²) in [5.41, 5.74) is 8.00. The minimum Gasteiger partial charge on any atom is -0.496 e. The van der Waals surface area contributed by atoms with Crippen LogP contribution in [0.1, 0.15) is 39.6 Å². The number of ether oxygens (including phenoxy) is 1. The van der Waals surface area contributed by atoms with Crippen LogP contribution in [0.25, 0.3) is 0 Å². The van der Waals surface area contributed by atoms with Crippen molar-refractivity contribution in [1.82, 2.24) is 26.4 Å². The number of hydrazine groups is 1. The lowest BCUT2D eigenvalue weighted by Gasteiger charge is -2.14. The summed E-state index contributed by atoms with van der Waals surface area (Å²) in [5, 5.41) is 9.05. The SMILES string of the molecule is COc1ccccc1C1CC(NC(=O)c2c(C)c(C)n[nH]c2=O)NN1. The van der Waals surface area contributed by atoms with Crippen molar-refractivity contribution in [3.8, 4) is 5.75 Å². The summed E-state index contributed by atoms with van der Waals surface area (Å²) in [7, 11) is 1.63. The van der Waals surface area contributed by atoms with E-state index < -0.39 is 11.5 Å². The van der Waals surface area contributed by atoms with Crippen molar-refractivity contribution >= 4 is 5.91 Å². The highest BCUT2D eigenvalue weighted by molar-refractivity contribution is 5.95. The quantitative estimate of drug-likeness (QED) is 0.651. The molecule has 1 aromatic carbocycles. The molecular formula is C17H21N5O3. The van der Waals surface area contributed by atoms with Gasteiger partial charge in [0.1, 0.15) is 11.3 Å². The Bertz CT molecular complexity index is 848. The number of methoxy groups -OCH3 is 1. The molecule has 1 saturated heterocycles. The number of rotatable bonds is 4. The van der Waals surface area contributed by atoms with Gasteiger partial charge < -0.3 is 10.1 Å². The number of hydrogen-bond acceptors (Lipinski definition) is 6. The summed E-state index contributed by atoms with van der Waals surface area (Å²) in [6.45, 7) is 3.46. The first-order valence-electron chi connectivity index (χ1n) is 8.02. The van der Waals surface area contributed by atoms with Crippen LogP contribution in [0, 0.1) is 13.8 Å². The van der Waals surface area contributed by atoms with Gasteiger partial charge in [0.15, 0.2) is 0 Å². The van der Waals surface area contributed by atoms with Crippen LogP contribution in [0.15, 0.2) is 29.1 Å². The molecule has 132 valence electrons. The second kappa shape index (κ2) is 7.04. The molecule has 0 radical (unpaired) electrons. The smallest absolute Gasteiger partial charge is 0.277 e. The molecule has 8 nitrogen and oxygen atoms in total. The highest BCUT2D eigenvalue weighted by atomic mass is 16.5. The summed E-state index contributed by atoms with van der Waals surface area (Å²) in [6.07, 6.45) is 0.308. The van der Waals surface area contributed by atoms with Gasteiger partial charge in [-0.25, -0.2) is 16.0 Å². The first-order chi connectivity index (χ1) is 12.0. The largest absolute Gasteiger partial charge is 0.496 e. The number of H-pyrrole nitrogens is 1. The number of aromatic nitrogens is 2. The van der Waals surface area contributed by atoms with Gasteiger partial charge in [-0.3, -0.25) is 9.59 Å². The fourth-order valence-corrected chi connectivity index (χ4v) is 2.94. The molecule has 25 heavy (non-hydrogen) atoms. The highest BCUT2D eigenvalue weighted by Crippen LogP contribution is 2.29. The first kappa shape index (κ1) is 17.1. The maximum Gasteiger partial charge on any atom is 0.277 e. The van der Waals surface area contributed by atoms with Gasteiger partial charge in [-0.05, 0) is 25.5 Å². The topological polar surface area (TPSA) is 108 Å². The van der Waals surface area contributed by atoms with Gasteiger partial charge in [-0.15, -0.1) is 0 Å². The van der Waals surface area contributed by atoms with Gasteiger partial charge in [0.2, 0.25) is 0 Å². The van der Waals surface area contributed by atoms with E-state index in [4.69, 9.17) is 4.74 Å². The molecule has 2 unspecified atom stereocenters. The van der Waals surface area contributed by atoms with Gasteiger partial charge >= 0.3 is 0 Å². The maximum atomic E-state index is 12.5. The molecule has 8 heteroatoms. The van der Waals surface area contributed by atoms with Gasteiger partial charge in [-0.2, -0.15) is 5.10 Å². The number of carbonyl (C=O) groups is 1. The van der Waals surface area contributed by atoms with Crippen molar-refractivity contribution in [3.05, 3.63) is 57.0 Å². The number of aromatic amines is 1. The van der Waals surface area contributed by atoms with Crippen LogP contribution >= 0.6 is 0 Å². The lowest BCUT2D eigenvalue weighted by Crippen LogP contribution is -2.45. The zero-order chi connectivity index (χ0) is 18.0. The molecule has 1 fully saturated rings. The Balaban J connectivity index is 1.73. The van der Waals surface area contributed by atoms with E-state index >= 15 is 0 Å². The molecule has 0 aliphatic carbocycles. The molecule has 1 aliphatic heterocycles. The van der Waals surface area contributed by atoms with Crippen LogP contribution in [0.5, 0.6) is 5.75 Å². The Labute approximate surface area is 145 Å². The van der Waals surface area contributed by atoms with Crippen LogP contribution in [-0.4, -0.2) is 29.4 Å². The highest BCUT2D eigenvalue weighted by Gasteiger charge is 2.29.